The highest BCUT2D eigenvalue weighted by Crippen LogP contribution is 2.32. The van der Waals surface area contributed by atoms with Gasteiger partial charge in [-0.3, -0.25) is 4.98 Å². The fourth-order valence-electron chi connectivity index (χ4n) is 2.77. The summed E-state index contributed by atoms with van der Waals surface area (Å²) in [5.74, 6) is -1.10. The van der Waals surface area contributed by atoms with Gasteiger partial charge in [0.15, 0.2) is 0 Å². The quantitative estimate of drug-likeness (QED) is 0.749. The number of rotatable bonds is 5. The minimum Gasteiger partial charge on any atom is -0.478 e. The first-order chi connectivity index (χ1) is 12.4. The zero-order valence-electron chi connectivity index (χ0n) is 14.0. The van der Waals surface area contributed by atoms with Crippen molar-refractivity contribution < 1.29 is 23.4 Å². The zero-order chi connectivity index (χ0) is 18.8. The number of nitrogens with zero attached hydrogens (tertiary/aromatic N) is 3. The molecule has 0 spiro atoms. The van der Waals surface area contributed by atoms with Crippen molar-refractivity contribution >= 4 is 5.97 Å². The first-order valence-electron chi connectivity index (χ1n) is 7.68. The van der Waals surface area contributed by atoms with E-state index in [4.69, 9.17) is 0 Å². The van der Waals surface area contributed by atoms with Crippen molar-refractivity contribution in [2.24, 2.45) is 0 Å². The van der Waals surface area contributed by atoms with Crippen molar-refractivity contribution in [2.45, 2.75) is 20.5 Å². The van der Waals surface area contributed by atoms with Gasteiger partial charge in [0.25, 0.3) is 0 Å². The van der Waals surface area contributed by atoms with Gasteiger partial charge < -0.3 is 9.84 Å². The third kappa shape index (κ3) is 3.26. The van der Waals surface area contributed by atoms with Crippen LogP contribution in [0.4, 0.5) is 8.78 Å². The van der Waals surface area contributed by atoms with Gasteiger partial charge in [0.2, 0.25) is 0 Å². The highest BCUT2D eigenvalue weighted by Gasteiger charge is 2.20. The van der Waals surface area contributed by atoms with Gasteiger partial charge in [0, 0.05) is 11.8 Å². The predicted octanol–water partition coefficient (Wildman–Crippen LogP) is 3.85. The van der Waals surface area contributed by atoms with Crippen LogP contribution >= 0.6 is 0 Å². The number of hydrogen-bond acceptors (Lipinski definition) is 4. The van der Waals surface area contributed by atoms with Crippen LogP contribution in [-0.2, 0) is 0 Å². The van der Waals surface area contributed by atoms with Crippen molar-refractivity contribution in [1.82, 2.24) is 14.8 Å². The summed E-state index contributed by atoms with van der Waals surface area (Å²) in [5.41, 5.74) is 2.22. The Kier molecular flexibility index (Phi) is 4.66. The lowest BCUT2D eigenvalue weighted by Gasteiger charge is -2.13. The number of aromatic nitrogens is 3. The van der Waals surface area contributed by atoms with E-state index in [1.54, 1.807) is 44.3 Å². The number of ether oxygens (including phenoxy) is 1. The predicted molar refractivity (Wildman–Crippen MR) is 89.9 cm³/mol. The number of alkyl halides is 2. The minimum absolute atomic E-state index is 0.0255. The van der Waals surface area contributed by atoms with Crippen molar-refractivity contribution in [3.05, 3.63) is 59.5 Å². The van der Waals surface area contributed by atoms with Crippen molar-refractivity contribution in [3.8, 4) is 22.7 Å². The molecule has 1 N–H and O–H groups in total. The summed E-state index contributed by atoms with van der Waals surface area (Å²) < 4.78 is 31.5. The highest BCUT2D eigenvalue weighted by atomic mass is 19.3. The standard InChI is InChI=1S/C18H15F2N3O3/c1-10-16(17(24)25)11(2)23(22-10)12-6-7-15(26-18(19)20)13(9-12)14-5-3-4-8-21-14/h3-9,18H,1-2H3,(H,24,25). The van der Waals surface area contributed by atoms with E-state index >= 15 is 0 Å². The van der Waals surface area contributed by atoms with Crippen LogP contribution in [0.5, 0.6) is 5.75 Å². The molecule has 2 aromatic heterocycles. The Morgan fingerprint density at radius 3 is 2.58 bits per heavy atom. The van der Waals surface area contributed by atoms with Crippen LogP contribution in [0.1, 0.15) is 21.7 Å². The Morgan fingerprint density at radius 1 is 1.23 bits per heavy atom. The van der Waals surface area contributed by atoms with Gasteiger partial charge in [0.05, 0.1) is 22.8 Å². The normalized spacial score (nSPS) is 11.0. The van der Waals surface area contributed by atoms with Crippen LogP contribution in [0, 0.1) is 13.8 Å². The van der Waals surface area contributed by atoms with Crippen LogP contribution in [0.2, 0.25) is 0 Å². The number of hydrogen-bond donors (Lipinski definition) is 1. The third-order valence-electron chi connectivity index (χ3n) is 3.87. The van der Waals surface area contributed by atoms with E-state index in [-0.39, 0.29) is 11.3 Å². The molecule has 0 radical (unpaired) electrons. The first-order valence-corrected chi connectivity index (χ1v) is 7.68. The lowest BCUT2D eigenvalue weighted by atomic mass is 10.1. The largest absolute Gasteiger partial charge is 0.478 e. The second-order valence-electron chi connectivity index (χ2n) is 5.54. The molecule has 26 heavy (non-hydrogen) atoms. The van der Waals surface area contributed by atoms with Crippen LogP contribution in [0.3, 0.4) is 0 Å². The van der Waals surface area contributed by atoms with E-state index in [0.29, 0.717) is 28.3 Å². The molecule has 3 rings (SSSR count). The molecule has 134 valence electrons. The Morgan fingerprint density at radius 2 is 2.00 bits per heavy atom. The summed E-state index contributed by atoms with van der Waals surface area (Å²) in [7, 11) is 0. The Balaban J connectivity index is 2.16. The summed E-state index contributed by atoms with van der Waals surface area (Å²) in [6, 6.07) is 9.62. The molecule has 0 saturated heterocycles. The number of benzene rings is 1. The molecular weight excluding hydrogens is 344 g/mol. The number of aromatic carboxylic acids is 1. The highest BCUT2D eigenvalue weighted by molar-refractivity contribution is 5.90. The molecule has 0 atom stereocenters. The van der Waals surface area contributed by atoms with Gasteiger partial charge in [-0.1, -0.05) is 6.07 Å². The maximum Gasteiger partial charge on any atom is 0.387 e. The molecular formula is C18H15F2N3O3. The smallest absolute Gasteiger partial charge is 0.387 e. The number of halogens is 2. The topological polar surface area (TPSA) is 77.2 Å². The Hall–Kier alpha value is -3.29. The van der Waals surface area contributed by atoms with E-state index in [0.717, 1.165) is 0 Å². The molecule has 0 aliphatic carbocycles. The molecule has 6 nitrogen and oxygen atoms in total. The van der Waals surface area contributed by atoms with Gasteiger partial charge >= 0.3 is 12.6 Å². The Labute approximate surface area is 147 Å². The molecule has 0 bridgehead atoms. The molecule has 0 aliphatic rings. The zero-order valence-corrected chi connectivity index (χ0v) is 14.0. The number of carboxylic acid groups (broad SMARTS) is 1. The molecule has 0 amide bonds. The molecule has 0 saturated carbocycles. The van der Waals surface area contributed by atoms with E-state index in [2.05, 4.69) is 14.8 Å². The summed E-state index contributed by atoms with van der Waals surface area (Å²) in [6.07, 6.45) is 1.54. The van der Waals surface area contributed by atoms with Gasteiger partial charge in [-0.25, -0.2) is 9.48 Å². The summed E-state index contributed by atoms with van der Waals surface area (Å²) in [4.78, 5) is 15.6. The van der Waals surface area contributed by atoms with E-state index in [9.17, 15) is 18.7 Å². The monoisotopic (exact) mass is 359 g/mol. The lowest BCUT2D eigenvalue weighted by Crippen LogP contribution is -2.06. The molecule has 1 aromatic carbocycles. The van der Waals surface area contributed by atoms with Crippen LogP contribution in [0.15, 0.2) is 42.6 Å². The van der Waals surface area contributed by atoms with E-state index in [1.807, 2.05) is 0 Å². The Bertz CT molecular complexity index is 956. The number of aryl methyl sites for hydroxylation is 1. The number of carboxylic acids is 1. The summed E-state index contributed by atoms with van der Waals surface area (Å²) in [6.45, 7) is 0.254. The average Bonchev–Trinajstić information content (AvgIpc) is 2.90. The summed E-state index contributed by atoms with van der Waals surface area (Å²) >= 11 is 0. The van der Waals surface area contributed by atoms with Crippen molar-refractivity contribution in [3.63, 3.8) is 0 Å². The first kappa shape index (κ1) is 17.5. The molecule has 3 aromatic rings. The average molecular weight is 359 g/mol. The molecule has 8 heteroatoms. The fourth-order valence-corrected chi connectivity index (χ4v) is 2.77. The van der Waals surface area contributed by atoms with Crippen LogP contribution < -0.4 is 4.74 Å². The van der Waals surface area contributed by atoms with Crippen molar-refractivity contribution in [1.29, 1.82) is 0 Å². The lowest BCUT2D eigenvalue weighted by molar-refractivity contribution is -0.0494. The number of carbonyl (C=O) groups is 1. The minimum atomic E-state index is -2.98. The summed E-state index contributed by atoms with van der Waals surface area (Å²) in [5, 5.41) is 13.6. The number of pyridine rings is 1. The van der Waals surface area contributed by atoms with Gasteiger partial charge in [-0.15, -0.1) is 0 Å². The van der Waals surface area contributed by atoms with Gasteiger partial charge in [-0.2, -0.15) is 13.9 Å². The molecule has 0 unspecified atom stereocenters. The second kappa shape index (κ2) is 6.91. The SMILES string of the molecule is Cc1nn(-c2ccc(OC(F)F)c(-c3ccccn3)c2)c(C)c1C(=O)O. The van der Waals surface area contributed by atoms with Gasteiger partial charge in [-0.05, 0) is 44.2 Å². The fraction of sp³-hybridized carbons (Fsp3) is 0.167. The molecule has 0 aliphatic heterocycles. The van der Waals surface area contributed by atoms with Crippen LogP contribution in [0.25, 0.3) is 16.9 Å². The van der Waals surface area contributed by atoms with Gasteiger partial charge in [0.1, 0.15) is 11.3 Å². The molecule has 2 heterocycles. The second-order valence-corrected chi connectivity index (χ2v) is 5.54. The van der Waals surface area contributed by atoms with E-state index in [1.165, 1.54) is 16.8 Å². The molecule has 0 fully saturated rings. The van der Waals surface area contributed by atoms with Crippen LogP contribution in [-0.4, -0.2) is 32.5 Å². The maximum absolute atomic E-state index is 12.7. The third-order valence-corrected chi connectivity index (χ3v) is 3.87. The van der Waals surface area contributed by atoms with Crippen molar-refractivity contribution in [2.75, 3.05) is 0 Å². The van der Waals surface area contributed by atoms with E-state index < -0.39 is 12.6 Å². The maximum atomic E-state index is 12.7.